The van der Waals surface area contributed by atoms with Crippen LogP contribution in [0, 0.1) is 0 Å². The molecule has 2 aromatic heterocycles. The van der Waals surface area contributed by atoms with Gasteiger partial charge in [-0.2, -0.15) is 0 Å². The van der Waals surface area contributed by atoms with Crippen LogP contribution < -0.4 is 15.4 Å². The molecule has 4 aromatic rings. The van der Waals surface area contributed by atoms with Crippen LogP contribution in [-0.4, -0.2) is 28.2 Å². The number of nitrogens with zero attached hydrogens (tertiary/aromatic N) is 2. The van der Waals surface area contributed by atoms with Gasteiger partial charge in [0.25, 0.3) is 11.8 Å². The number of anilines is 1. The van der Waals surface area contributed by atoms with Gasteiger partial charge in [-0.05, 0) is 60.7 Å². The molecule has 0 unspecified atom stereocenters. The lowest BCUT2D eigenvalue weighted by Gasteiger charge is -2.08. The Hall–Kier alpha value is -4.13. The average Bonchev–Trinajstić information content (AvgIpc) is 3.21. The summed E-state index contributed by atoms with van der Waals surface area (Å²) in [7, 11) is 1.57. The fourth-order valence-electron chi connectivity index (χ4n) is 2.97. The molecule has 7 heteroatoms. The lowest BCUT2D eigenvalue weighted by Crippen LogP contribution is -2.17. The minimum absolute atomic E-state index is 0.174. The number of nitrogens with one attached hydrogen (secondary N) is 2. The summed E-state index contributed by atoms with van der Waals surface area (Å²) in [6, 6.07) is 19.4. The first-order valence-electron chi connectivity index (χ1n) is 9.41. The fourth-order valence-corrected chi connectivity index (χ4v) is 2.97. The van der Waals surface area contributed by atoms with Crippen molar-refractivity contribution in [3.63, 3.8) is 0 Å². The number of carbonyl (C=O) groups excluding carboxylic acids is 2. The molecule has 2 N–H and O–H groups in total. The van der Waals surface area contributed by atoms with Crippen molar-refractivity contribution in [2.75, 3.05) is 12.4 Å². The van der Waals surface area contributed by atoms with Gasteiger partial charge in [-0.15, -0.1) is 0 Å². The van der Waals surface area contributed by atoms with Gasteiger partial charge in [0.05, 0.1) is 5.69 Å². The Morgan fingerprint density at radius 3 is 2.33 bits per heavy atom. The highest BCUT2D eigenvalue weighted by atomic mass is 16.5. The third kappa shape index (κ3) is 4.30. The summed E-state index contributed by atoms with van der Waals surface area (Å²) in [5.41, 5.74) is 3.34. The van der Waals surface area contributed by atoms with Crippen LogP contribution in [0.1, 0.15) is 26.4 Å². The third-order valence-corrected chi connectivity index (χ3v) is 4.55. The van der Waals surface area contributed by atoms with E-state index < -0.39 is 0 Å². The van der Waals surface area contributed by atoms with Crippen molar-refractivity contribution in [1.82, 2.24) is 14.7 Å². The van der Waals surface area contributed by atoms with E-state index in [1.165, 1.54) is 0 Å². The molecule has 0 bridgehead atoms. The summed E-state index contributed by atoms with van der Waals surface area (Å²) in [4.78, 5) is 28.5. The van der Waals surface area contributed by atoms with Gasteiger partial charge in [-0.1, -0.05) is 6.07 Å². The van der Waals surface area contributed by atoms with Gasteiger partial charge in [0.2, 0.25) is 0 Å². The molecule has 4 rings (SSSR count). The molecule has 0 aliphatic heterocycles. The van der Waals surface area contributed by atoms with Crippen LogP contribution in [0.3, 0.4) is 0 Å². The van der Waals surface area contributed by atoms with Gasteiger partial charge >= 0.3 is 0 Å². The summed E-state index contributed by atoms with van der Waals surface area (Å²) in [5.74, 6) is 0.236. The lowest BCUT2D eigenvalue weighted by molar-refractivity contribution is 0.0962. The number of carbonyl (C=O) groups is 2. The van der Waals surface area contributed by atoms with Crippen LogP contribution in [0.4, 0.5) is 5.69 Å². The molecule has 7 nitrogen and oxygen atoms in total. The Morgan fingerprint density at radius 2 is 1.63 bits per heavy atom. The molecule has 0 saturated heterocycles. The monoisotopic (exact) mass is 400 g/mol. The number of rotatable bonds is 6. The molecule has 2 aromatic carbocycles. The first-order valence-corrected chi connectivity index (χ1v) is 9.41. The van der Waals surface area contributed by atoms with E-state index in [0.29, 0.717) is 29.2 Å². The maximum atomic E-state index is 12.4. The molecule has 0 spiro atoms. The smallest absolute Gasteiger partial charge is 0.255 e. The van der Waals surface area contributed by atoms with Crippen LogP contribution in [0.5, 0.6) is 5.75 Å². The Balaban J connectivity index is 1.35. The molecule has 0 atom stereocenters. The van der Waals surface area contributed by atoms with Crippen molar-refractivity contribution in [2.24, 2.45) is 0 Å². The first-order chi connectivity index (χ1) is 14.6. The Bertz CT molecular complexity index is 1150. The third-order valence-electron chi connectivity index (χ3n) is 4.55. The van der Waals surface area contributed by atoms with Crippen LogP contribution in [0.25, 0.3) is 5.65 Å². The maximum Gasteiger partial charge on any atom is 0.255 e. The summed E-state index contributed by atoms with van der Waals surface area (Å²) in [6.45, 7) is 0.338. The minimum atomic E-state index is -0.241. The summed E-state index contributed by atoms with van der Waals surface area (Å²) in [6.07, 6.45) is 3.86. The molecular formula is C23H20N4O3. The van der Waals surface area contributed by atoms with Gasteiger partial charge in [-0.25, -0.2) is 4.98 Å². The largest absolute Gasteiger partial charge is 0.487 e. The van der Waals surface area contributed by atoms with Crippen LogP contribution in [-0.2, 0) is 6.61 Å². The maximum absolute atomic E-state index is 12.4. The number of ether oxygens (including phenoxy) is 1. The van der Waals surface area contributed by atoms with E-state index >= 15 is 0 Å². The van der Waals surface area contributed by atoms with E-state index in [9.17, 15) is 9.59 Å². The zero-order valence-electron chi connectivity index (χ0n) is 16.3. The van der Waals surface area contributed by atoms with Gasteiger partial charge < -0.3 is 19.8 Å². The van der Waals surface area contributed by atoms with Gasteiger partial charge in [0, 0.05) is 36.3 Å². The lowest BCUT2D eigenvalue weighted by atomic mass is 10.1. The predicted octanol–water partition coefficient (Wildman–Crippen LogP) is 3.53. The van der Waals surface area contributed by atoms with Gasteiger partial charge in [0.15, 0.2) is 0 Å². The highest BCUT2D eigenvalue weighted by Gasteiger charge is 2.08. The molecule has 0 saturated carbocycles. The normalized spacial score (nSPS) is 10.6. The van der Waals surface area contributed by atoms with Crippen molar-refractivity contribution >= 4 is 23.1 Å². The predicted molar refractivity (Wildman–Crippen MR) is 114 cm³/mol. The van der Waals surface area contributed by atoms with Crippen molar-refractivity contribution in [2.45, 2.75) is 6.61 Å². The number of amides is 2. The fraction of sp³-hybridized carbons (Fsp3) is 0.0870. The van der Waals surface area contributed by atoms with Crippen molar-refractivity contribution in [1.29, 1.82) is 0 Å². The van der Waals surface area contributed by atoms with Crippen LogP contribution in [0.2, 0.25) is 0 Å². The molecule has 150 valence electrons. The summed E-state index contributed by atoms with van der Waals surface area (Å²) >= 11 is 0. The number of imidazole rings is 1. The van der Waals surface area contributed by atoms with Crippen LogP contribution >= 0.6 is 0 Å². The van der Waals surface area contributed by atoms with E-state index in [4.69, 9.17) is 4.74 Å². The van der Waals surface area contributed by atoms with E-state index in [2.05, 4.69) is 15.6 Å². The summed E-state index contributed by atoms with van der Waals surface area (Å²) in [5, 5.41) is 5.37. The first kappa shape index (κ1) is 19.2. The second-order valence-corrected chi connectivity index (χ2v) is 6.62. The molecule has 0 aliphatic rings. The Kier molecular flexibility index (Phi) is 5.43. The van der Waals surface area contributed by atoms with E-state index in [1.807, 2.05) is 35.0 Å². The van der Waals surface area contributed by atoms with E-state index in [0.717, 1.165) is 11.3 Å². The average molecular weight is 400 g/mol. The number of aromatic nitrogens is 2. The Morgan fingerprint density at radius 1 is 0.933 bits per heavy atom. The molecule has 0 radical (unpaired) electrons. The minimum Gasteiger partial charge on any atom is -0.487 e. The molecule has 2 amide bonds. The number of fused-ring (bicyclic) bond motifs is 1. The summed E-state index contributed by atoms with van der Waals surface area (Å²) < 4.78 is 7.71. The number of benzene rings is 2. The SMILES string of the molecule is CNC(=O)c1ccc(NC(=O)c2ccc(OCc3cn4ccccc4n3)cc2)cc1. The van der Waals surface area contributed by atoms with Crippen molar-refractivity contribution < 1.29 is 14.3 Å². The molecule has 2 heterocycles. The van der Waals surface area contributed by atoms with Gasteiger partial charge in [-0.3, -0.25) is 9.59 Å². The van der Waals surface area contributed by atoms with E-state index in [-0.39, 0.29) is 11.8 Å². The standard InChI is InChI=1S/C23H20N4O3/c1-24-22(28)16-5-9-18(10-6-16)26-23(29)17-7-11-20(12-8-17)30-15-19-14-27-13-3-2-4-21(27)25-19/h2-14H,15H2,1H3,(H,24,28)(H,26,29). The van der Waals surface area contributed by atoms with Gasteiger partial charge in [0.1, 0.15) is 18.0 Å². The van der Waals surface area contributed by atoms with Crippen molar-refractivity contribution in [3.05, 3.63) is 95.9 Å². The number of pyridine rings is 1. The quantitative estimate of drug-likeness (QED) is 0.519. The Labute approximate surface area is 173 Å². The zero-order chi connectivity index (χ0) is 20.9. The zero-order valence-corrected chi connectivity index (χ0v) is 16.3. The highest BCUT2D eigenvalue weighted by Crippen LogP contribution is 2.16. The molecule has 30 heavy (non-hydrogen) atoms. The number of hydrogen-bond acceptors (Lipinski definition) is 4. The topological polar surface area (TPSA) is 84.7 Å². The van der Waals surface area contributed by atoms with E-state index in [1.54, 1.807) is 55.6 Å². The molecular weight excluding hydrogens is 380 g/mol. The number of hydrogen-bond donors (Lipinski definition) is 2. The second kappa shape index (κ2) is 8.48. The van der Waals surface area contributed by atoms with Crippen molar-refractivity contribution in [3.8, 4) is 5.75 Å². The van der Waals surface area contributed by atoms with Crippen LogP contribution in [0.15, 0.2) is 79.1 Å². The molecule has 0 aliphatic carbocycles. The highest BCUT2D eigenvalue weighted by molar-refractivity contribution is 6.04. The molecule has 0 fully saturated rings. The second-order valence-electron chi connectivity index (χ2n) is 6.62.